The van der Waals surface area contributed by atoms with Crippen molar-refractivity contribution in [1.29, 1.82) is 0 Å². The van der Waals surface area contributed by atoms with Gasteiger partial charge in [0.25, 0.3) is 0 Å². The molecule has 0 saturated carbocycles. The van der Waals surface area contributed by atoms with E-state index < -0.39 is 6.23 Å². The van der Waals surface area contributed by atoms with Crippen LogP contribution in [0, 0.1) is 5.13 Å². The van der Waals surface area contributed by atoms with Crippen molar-refractivity contribution in [3.8, 4) is 33.1 Å². The Kier molecular flexibility index (Phi) is 5.99. The van der Waals surface area contributed by atoms with Crippen molar-refractivity contribution in [2.75, 3.05) is 5.32 Å². The number of imidazole rings is 1. The Morgan fingerprint density at radius 2 is 1.80 bits per heavy atom. The number of rotatable bonds is 7. The molecule has 0 fully saturated rings. The molecule has 0 aliphatic heterocycles. The molecule has 0 bridgehead atoms. The monoisotopic (exact) mass is 548 g/mol. The molecule has 1 unspecified atom stereocenters. The Bertz CT molecular complexity index is 1970. The van der Waals surface area contributed by atoms with E-state index in [2.05, 4.69) is 35.5 Å². The van der Waals surface area contributed by atoms with Crippen LogP contribution in [0.4, 0.5) is 10.1 Å². The summed E-state index contributed by atoms with van der Waals surface area (Å²) in [5.41, 5.74) is 6.76. The number of hydrogen-bond acceptors (Lipinski definition) is 8. The Hall–Kier alpha value is -5.00. The molecule has 6 aromatic heterocycles. The number of anilines is 1. The Labute approximate surface area is 230 Å². The SMILES string of the molecule is OC(Cc1ccccc1)Nc1cncc(-c2cnc3n[nH]c(-c4nc5c(-c6ccc(F)s6)cncc5[nH]4)c3c2)c1. The first-order valence-corrected chi connectivity index (χ1v) is 13.3. The highest BCUT2D eigenvalue weighted by Crippen LogP contribution is 2.34. The molecule has 0 radical (unpaired) electrons. The van der Waals surface area contributed by atoms with Gasteiger partial charge in [-0.1, -0.05) is 30.3 Å². The van der Waals surface area contributed by atoms with Crippen LogP contribution < -0.4 is 5.32 Å². The van der Waals surface area contributed by atoms with Gasteiger partial charge in [0.15, 0.2) is 16.6 Å². The minimum absolute atomic E-state index is 0.264. The zero-order valence-corrected chi connectivity index (χ0v) is 21.7. The number of fused-ring (bicyclic) bond motifs is 2. The van der Waals surface area contributed by atoms with E-state index in [1.54, 1.807) is 37.1 Å². The normalized spacial score (nSPS) is 12.2. The topological polar surface area (TPSA) is 128 Å². The molecule has 0 saturated heterocycles. The van der Waals surface area contributed by atoms with Gasteiger partial charge in [-0.25, -0.2) is 9.97 Å². The van der Waals surface area contributed by atoms with Crippen molar-refractivity contribution >= 4 is 39.1 Å². The molecule has 0 aliphatic rings. The maximum absolute atomic E-state index is 13.7. The zero-order valence-electron chi connectivity index (χ0n) is 20.8. The van der Waals surface area contributed by atoms with Crippen LogP contribution in [0.25, 0.3) is 55.2 Å². The number of halogens is 1. The van der Waals surface area contributed by atoms with E-state index in [9.17, 15) is 9.50 Å². The highest BCUT2D eigenvalue weighted by Gasteiger charge is 2.17. The fraction of sp³-hybridized carbons (Fsp3) is 0.0690. The predicted molar refractivity (Wildman–Crippen MR) is 153 cm³/mol. The van der Waals surface area contributed by atoms with Crippen LogP contribution in [-0.2, 0) is 6.42 Å². The van der Waals surface area contributed by atoms with Crippen molar-refractivity contribution in [1.82, 2.24) is 35.1 Å². The smallest absolute Gasteiger partial charge is 0.181 e. The molecule has 9 nitrogen and oxygen atoms in total. The lowest BCUT2D eigenvalue weighted by molar-refractivity contribution is 0.204. The van der Waals surface area contributed by atoms with E-state index in [0.29, 0.717) is 34.8 Å². The summed E-state index contributed by atoms with van der Waals surface area (Å²) in [5.74, 6) is 0.570. The number of nitrogens with one attached hydrogen (secondary N) is 3. The van der Waals surface area contributed by atoms with Gasteiger partial charge >= 0.3 is 0 Å². The van der Waals surface area contributed by atoms with Crippen molar-refractivity contribution in [2.45, 2.75) is 12.6 Å². The van der Waals surface area contributed by atoms with Gasteiger partial charge in [0, 0.05) is 46.6 Å². The summed E-state index contributed by atoms with van der Waals surface area (Å²) >= 11 is 1.05. The lowest BCUT2D eigenvalue weighted by Gasteiger charge is -2.14. The second-order valence-corrected chi connectivity index (χ2v) is 10.3. The van der Waals surface area contributed by atoms with Gasteiger partial charge in [-0.3, -0.25) is 15.1 Å². The average Bonchev–Trinajstić information content (AvgIpc) is 3.71. The molecule has 0 amide bonds. The van der Waals surface area contributed by atoms with Gasteiger partial charge in [0.1, 0.15) is 17.4 Å². The first-order chi connectivity index (χ1) is 19.6. The standard InChI is InChI=1S/C29H21FN8OS/c30-24-7-6-23(40-24)21-14-32-15-22-26(21)36-29(35-22)27-20-10-18(12-33-28(20)38-37-27)17-9-19(13-31-11-17)34-25(39)8-16-4-2-1-3-5-16/h1-7,9-15,25,34,39H,8H2,(H,35,36)(H,33,37,38). The third kappa shape index (κ3) is 4.57. The highest BCUT2D eigenvalue weighted by molar-refractivity contribution is 7.14. The Morgan fingerprint density at radius 3 is 2.65 bits per heavy atom. The number of thiophene rings is 1. The number of nitrogens with zero attached hydrogens (tertiary/aromatic N) is 5. The molecule has 7 aromatic rings. The molecule has 196 valence electrons. The lowest BCUT2D eigenvalue weighted by atomic mass is 10.1. The minimum Gasteiger partial charge on any atom is -0.373 e. The minimum atomic E-state index is -0.765. The highest BCUT2D eigenvalue weighted by atomic mass is 32.1. The van der Waals surface area contributed by atoms with Crippen LogP contribution in [-0.4, -0.2) is 46.5 Å². The van der Waals surface area contributed by atoms with Gasteiger partial charge in [0.05, 0.1) is 29.0 Å². The summed E-state index contributed by atoms with van der Waals surface area (Å²) in [6, 6.07) is 16.9. The summed E-state index contributed by atoms with van der Waals surface area (Å²) in [6.07, 6.45) is 8.24. The third-order valence-electron chi connectivity index (χ3n) is 6.56. The van der Waals surface area contributed by atoms with E-state index in [4.69, 9.17) is 4.98 Å². The molecule has 4 N–H and O–H groups in total. The molecular formula is C29H21FN8OS. The van der Waals surface area contributed by atoms with Crippen molar-refractivity contribution in [2.24, 2.45) is 0 Å². The summed E-state index contributed by atoms with van der Waals surface area (Å²) in [7, 11) is 0. The van der Waals surface area contributed by atoms with Gasteiger partial charge < -0.3 is 15.4 Å². The van der Waals surface area contributed by atoms with E-state index in [1.165, 1.54) is 6.07 Å². The van der Waals surface area contributed by atoms with Crippen LogP contribution >= 0.6 is 11.3 Å². The number of aliphatic hydroxyl groups is 1. The lowest BCUT2D eigenvalue weighted by Crippen LogP contribution is -2.21. The molecule has 1 aromatic carbocycles. The predicted octanol–water partition coefficient (Wildman–Crippen LogP) is 5.80. The molecule has 11 heteroatoms. The molecule has 6 heterocycles. The largest absolute Gasteiger partial charge is 0.373 e. The second kappa shape index (κ2) is 9.95. The average molecular weight is 549 g/mol. The summed E-state index contributed by atoms with van der Waals surface area (Å²) in [4.78, 5) is 22.1. The second-order valence-electron chi connectivity index (χ2n) is 9.28. The molecule has 0 spiro atoms. The van der Waals surface area contributed by atoms with Crippen LogP contribution in [0.1, 0.15) is 5.56 Å². The maximum atomic E-state index is 13.7. The molecule has 1 atom stereocenters. The van der Waals surface area contributed by atoms with Gasteiger partial charge in [-0.05, 0) is 29.8 Å². The Morgan fingerprint density at radius 1 is 0.950 bits per heavy atom. The summed E-state index contributed by atoms with van der Waals surface area (Å²) in [6.45, 7) is 0. The van der Waals surface area contributed by atoms with Crippen LogP contribution in [0.2, 0.25) is 0 Å². The Balaban J connectivity index is 1.21. The number of aromatic nitrogens is 7. The van der Waals surface area contributed by atoms with Gasteiger partial charge in [-0.15, -0.1) is 11.3 Å². The summed E-state index contributed by atoms with van der Waals surface area (Å²) in [5, 5.41) is 21.6. The van der Waals surface area contributed by atoms with Crippen LogP contribution in [0.15, 0.2) is 85.6 Å². The van der Waals surface area contributed by atoms with Gasteiger partial charge in [0.2, 0.25) is 0 Å². The van der Waals surface area contributed by atoms with Crippen molar-refractivity contribution in [3.05, 3.63) is 96.3 Å². The van der Waals surface area contributed by atoms with Crippen molar-refractivity contribution in [3.63, 3.8) is 0 Å². The number of H-pyrrole nitrogens is 2. The van der Waals surface area contributed by atoms with E-state index in [-0.39, 0.29) is 5.13 Å². The molecule has 0 aliphatic carbocycles. The quantitative estimate of drug-likeness (QED) is 0.185. The fourth-order valence-corrected chi connectivity index (χ4v) is 5.43. The molecule has 40 heavy (non-hydrogen) atoms. The van der Waals surface area contributed by atoms with Gasteiger partial charge in [-0.2, -0.15) is 9.49 Å². The third-order valence-corrected chi connectivity index (χ3v) is 7.46. The fourth-order valence-electron chi connectivity index (χ4n) is 4.69. The van der Waals surface area contributed by atoms with E-state index >= 15 is 0 Å². The first-order valence-electron chi connectivity index (χ1n) is 12.5. The molecular weight excluding hydrogens is 527 g/mol. The van der Waals surface area contributed by atoms with Crippen molar-refractivity contribution < 1.29 is 9.50 Å². The zero-order chi connectivity index (χ0) is 27.1. The van der Waals surface area contributed by atoms with E-state index in [0.717, 1.165) is 49.4 Å². The number of pyridine rings is 3. The maximum Gasteiger partial charge on any atom is 0.181 e. The molecule has 7 rings (SSSR count). The van der Waals surface area contributed by atoms with Crippen LogP contribution in [0.3, 0.4) is 0 Å². The number of aliphatic hydroxyl groups excluding tert-OH is 1. The number of aromatic amines is 2. The number of hydrogen-bond donors (Lipinski definition) is 4. The van der Waals surface area contributed by atoms with E-state index in [1.807, 2.05) is 42.5 Å². The number of benzene rings is 1. The first kappa shape index (κ1) is 24.1. The summed E-state index contributed by atoms with van der Waals surface area (Å²) < 4.78 is 13.7. The van der Waals surface area contributed by atoms with Crippen LogP contribution in [0.5, 0.6) is 0 Å².